The van der Waals surface area contributed by atoms with Crippen molar-refractivity contribution in [1.29, 1.82) is 0 Å². The van der Waals surface area contributed by atoms with Gasteiger partial charge in [0.05, 0.1) is 5.56 Å². The number of rotatable bonds is 2. The third-order valence-corrected chi connectivity index (χ3v) is 3.90. The van der Waals surface area contributed by atoms with Crippen molar-refractivity contribution < 1.29 is 8.42 Å². The third-order valence-electron chi connectivity index (χ3n) is 1.47. The maximum Gasteiger partial charge on any atom is 0.248 e. The molecule has 0 saturated carbocycles. The summed E-state index contributed by atoms with van der Waals surface area (Å²) < 4.78 is 22.3. The second-order valence-corrected chi connectivity index (χ2v) is 5.07. The highest BCUT2D eigenvalue weighted by molar-refractivity contribution is 7.91. The Balaban J connectivity index is 2.62. The van der Waals surface area contributed by atoms with Gasteiger partial charge in [-0.3, -0.25) is 0 Å². The minimum atomic E-state index is -3.72. The summed E-state index contributed by atoms with van der Waals surface area (Å²) >= 11 is 1.02. The number of nitrogens with two attached hydrogens (primary N) is 1. The molecule has 0 unspecified atom stereocenters. The summed E-state index contributed by atoms with van der Waals surface area (Å²) in [6, 6.07) is 1.58. The van der Waals surface area contributed by atoms with E-state index in [1.165, 1.54) is 0 Å². The number of primary sulfonamides is 1. The number of tetrazole rings is 1. The van der Waals surface area contributed by atoms with Crippen LogP contribution in [0.25, 0.3) is 11.4 Å². The van der Waals surface area contributed by atoms with Gasteiger partial charge in [-0.1, -0.05) is 0 Å². The molecule has 7 nitrogen and oxygen atoms in total. The predicted molar refractivity (Wildman–Crippen MR) is 48.9 cm³/mol. The molecule has 0 atom stereocenters. The lowest BCUT2D eigenvalue weighted by molar-refractivity contribution is 0.600. The van der Waals surface area contributed by atoms with Crippen LogP contribution in [0.4, 0.5) is 0 Å². The van der Waals surface area contributed by atoms with Crippen molar-refractivity contribution >= 4 is 21.4 Å². The fraction of sp³-hybridized carbons (Fsp3) is 0. The molecule has 2 heterocycles. The number of hydrogen-bond acceptors (Lipinski definition) is 6. The van der Waals surface area contributed by atoms with Crippen molar-refractivity contribution in [3.63, 3.8) is 0 Å². The Morgan fingerprint density at radius 1 is 1.50 bits per heavy atom. The number of nitrogens with one attached hydrogen (secondary N) is 1. The van der Waals surface area contributed by atoms with Crippen LogP contribution in [0.2, 0.25) is 0 Å². The van der Waals surface area contributed by atoms with E-state index in [-0.39, 0.29) is 10.0 Å². The fourth-order valence-electron chi connectivity index (χ4n) is 0.957. The quantitative estimate of drug-likeness (QED) is 0.728. The van der Waals surface area contributed by atoms with E-state index in [0.717, 1.165) is 11.3 Å². The standard InChI is InChI=1S/C5H5N5O2S2/c6-14(11,12)5-3(1-2-13-5)4-7-9-10-8-4/h1-2H,(H2,6,11,12)(H,7,8,9,10). The summed E-state index contributed by atoms with van der Waals surface area (Å²) in [5.41, 5.74) is 0.367. The van der Waals surface area contributed by atoms with Crippen LogP contribution in [-0.4, -0.2) is 29.0 Å². The van der Waals surface area contributed by atoms with E-state index in [9.17, 15) is 8.42 Å². The lowest BCUT2D eigenvalue weighted by atomic mass is 10.3. The highest BCUT2D eigenvalue weighted by atomic mass is 32.2. The van der Waals surface area contributed by atoms with Crippen LogP contribution < -0.4 is 5.14 Å². The molecule has 0 aliphatic heterocycles. The van der Waals surface area contributed by atoms with E-state index in [1.54, 1.807) is 11.4 Å². The largest absolute Gasteiger partial charge is 0.248 e. The summed E-state index contributed by atoms with van der Waals surface area (Å²) in [6.45, 7) is 0. The molecular formula is C5H5N5O2S2. The zero-order valence-corrected chi connectivity index (χ0v) is 8.34. The lowest BCUT2D eigenvalue weighted by Gasteiger charge is -1.94. The number of nitrogens with zero attached hydrogens (tertiary/aromatic N) is 3. The molecule has 0 spiro atoms. The van der Waals surface area contributed by atoms with Crippen LogP contribution in [-0.2, 0) is 10.0 Å². The van der Waals surface area contributed by atoms with Crippen molar-refractivity contribution in [3.8, 4) is 11.4 Å². The molecule has 9 heteroatoms. The average Bonchev–Trinajstić information content (AvgIpc) is 2.73. The van der Waals surface area contributed by atoms with Crippen molar-refractivity contribution in [1.82, 2.24) is 20.6 Å². The highest BCUT2D eigenvalue weighted by Gasteiger charge is 2.19. The minimum Gasteiger partial charge on any atom is -0.224 e. The van der Waals surface area contributed by atoms with Gasteiger partial charge in [0.2, 0.25) is 15.8 Å². The zero-order valence-electron chi connectivity index (χ0n) is 6.71. The Hall–Kier alpha value is -1.32. The first kappa shape index (κ1) is 9.24. The molecule has 0 amide bonds. The van der Waals surface area contributed by atoms with Crippen molar-refractivity contribution in [3.05, 3.63) is 11.4 Å². The molecule has 2 aromatic rings. The second kappa shape index (κ2) is 3.12. The van der Waals surface area contributed by atoms with E-state index in [4.69, 9.17) is 5.14 Å². The second-order valence-electron chi connectivity index (χ2n) is 2.40. The molecule has 0 radical (unpaired) electrons. The third kappa shape index (κ3) is 1.52. The number of hydrogen-bond donors (Lipinski definition) is 2. The lowest BCUT2D eigenvalue weighted by Crippen LogP contribution is -2.11. The summed E-state index contributed by atoms with van der Waals surface area (Å²) in [5.74, 6) is 0.218. The maximum absolute atomic E-state index is 11.1. The summed E-state index contributed by atoms with van der Waals surface area (Å²) in [4.78, 5) is 0. The first-order chi connectivity index (χ1) is 6.59. The molecule has 0 fully saturated rings. The number of sulfonamides is 1. The number of thiophene rings is 1. The molecule has 2 rings (SSSR count). The molecule has 0 aromatic carbocycles. The van der Waals surface area contributed by atoms with Gasteiger partial charge in [-0.05, 0) is 16.7 Å². The van der Waals surface area contributed by atoms with Crippen LogP contribution in [0.5, 0.6) is 0 Å². The van der Waals surface area contributed by atoms with E-state index in [0.29, 0.717) is 5.56 Å². The summed E-state index contributed by atoms with van der Waals surface area (Å²) in [7, 11) is -3.72. The number of aromatic amines is 1. The summed E-state index contributed by atoms with van der Waals surface area (Å²) in [6.07, 6.45) is 0. The van der Waals surface area contributed by atoms with Gasteiger partial charge < -0.3 is 0 Å². The topological polar surface area (TPSA) is 115 Å². The average molecular weight is 231 g/mol. The van der Waals surface area contributed by atoms with Crippen molar-refractivity contribution in [2.24, 2.45) is 5.14 Å². The minimum absolute atomic E-state index is 0.0406. The van der Waals surface area contributed by atoms with Gasteiger partial charge in [0.25, 0.3) is 0 Å². The summed E-state index contributed by atoms with van der Waals surface area (Å²) in [5, 5.41) is 19.5. The van der Waals surface area contributed by atoms with Crippen LogP contribution in [0.1, 0.15) is 0 Å². The van der Waals surface area contributed by atoms with Gasteiger partial charge in [-0.15, -0.1) is 21.5 Å². The normalized spacial score (nSPS) is 11.8. The Labute approximate surface area is 83.0 Å². The zero-order chi connectivity index (χ0) is 10.2. The highest BCUT2D eigenvalue weighted by Crippen LogP contribution is 2.28. The van der Waals surface area contributed by atoms with Gasteiger partial charge in [-0.2, -0.15) is 5.21 Å². The Morgan fingerprint density at radius 3 is 2.86 bits per heavy atom. The Bertz CT molecular complexity index is 528. The van der Waals surface area contributed by atoms with Gasteiger partial charge >= 0.3 is 0 Å². The molecule has 14 heavy (non-hydrogen) atoms. The smallest absolute Gasteiger partial charge is 0.224 e. The maximum atomic E-state index is 11.1. The van der Waals surface area contributed by atoms with Crippen molar-refractivity contribution in [2.75, 3.05) is 0 Å². The van der Waals surface area contributed by atoms with Crippen molar-refractivity contribution in [2.45, 2.75) is 4.21 Å². The van der Waals surface area contributed by atoms with Crippen LogP contribution in [0.15, 0.2) is 15.7 Å². The van der Waals surface area contributed by atoms with E-state index >= 15 is 0 Å². The molecular weight excluding hydrogens is 226 g/mol. The van der Waals surface area contributed by atoms with Crippen LogP contribution in [0, 0.1) is 0 Å². The van der Waals surface area contributed by atoms with Crippen LogP contribution in [0.3, 0.4) is 0 Å². The molecule has 2 aromatic heterocycles. The number of aromatic nitrogens is 4. The molecule has 3 N–H and O–H groups in total. The van der Waals surface area contributed by atoms with Gasteiger partial charge in [-0.25, -0.2) is 13.6 Å². The van der Waals surface area contributed by atoms with Gasteiger partial charge in [0.1, 0.15) is 4.21 Å². The van der Waals surface area contributed by atoms with Crippen LogP contribution >= 0.6 is 11.3 Å². The van der Waals surface area contributed by atoms with E-state index < -0.39 is 10.0 Å². The SMILES string of the molecule is NS(=O)(=O)c1sccc1-c1nn[nH]n1. The molecule has 0 aliphatic rings. The first-order valence-electron chi connectivity index (χ1n) is 3.43. The molecule has 0 bridgehead atoms. The monoisotopic (exact) mass is 231 g/mol. The Kier molecular flexibility index (Phi) is 2.06. The number of H-pyrrole nitrogens is 1. The predicted octanol–water partition coefficient (Wildman–Crippen LogP) is -0.424. The Morgan fingerprint density at radius 2 is 2.29 bits per heavy atom. The molecule has 0 saturated heterocycles. The molecule has 0 aliphatic carbocycles. The first-order valence-corrected chi connectivity index (χ1v) is 5.86. The molecule has 74 valence electrons. The van der Waals surface area contributed by atoms with Gasteiger partial charge in [0, 0.05) is 0 Å². The van der Waals surface area contributed by atoms with E-state index in [1.807, 2.05) is 0 Å². The fourth-order valence-corrected chi connectivity index (χ4v) is 2.74. The van der Waals surface area contributed by atoms with Gasteiger partial charge in [0.15, 0.2) is 0 Å². The van der Waals surface area contributed by atoms with E-state index in [2.05, 4.69) is 20.6 Å².